The molecular weight excluding hydrogens is 388 g/mol. The normalized spacial score (nSPS) is 14.5. The third-order valence-corrected chi connectivity index (χ3v) is 6.28. The fourth-order valence-electron chi connectivity index (χ4n) is 2.66. The van der Waals surface area contributed by atoms with Gasteiger partial charge in [-0.15, -0.1) is 0 Å². The van der Waals surface area contributed by atoms with E-state index in [1.165, 1.54) is 0 Å². The molecule has 0 saturated heterocycles. The number of rotatable bonds is 6. The van der Waals surface area contributed by atoms with Gasteiger partial charge in [0.2, 0.25) is 10.0 Å². The van der Waals surface area contributed by atoms with Gasteiger partial charge in [-0.25, -0.2) is 8.42 Å². The first-order valence-corrected chi connectivity index (χ1v) is 10.1. The minimum absolute atomic E-state index is 0.0764. The summed E-state index contributed by atoms with van der Waals surface area (Å²) in [6.07, 6.45) is 1.82. The molecule has 124 valence electrons. The van der Waals surface area contributed by atoms with E-state index >= 15 is 0 Å². The van der Waals surface area contributed by atoms with Crippen LogP contribution < -0.4 is 0 Å². The molecule has 0 N–H and O–H groups in total. The highest BCUT2D eigenvalue weighted by molar-refractivity contribution is 9.10. The molecule has 0 radical (unpaired) electrons. The lowest BCUT2D eigenvalue weighted by Crippen LogP contribution is -2.33. The molecule has 2 aromatic carbocycles. The lowest BCUT2D eigenvalue weighted by atomic mass is 10.2. The molecule has 24 heavy (non-hydrogen) atoms. The van der Waals surface area contributed by atoms with Crippen LogP contribution in [0.2, 0.25) is 0 Å². The highest BCUT2D eigenvalue weighted by Gasteiger charge is 2.37. The Bertz CT molecular complexity index is 886. The van der Waals surface area contributed by atoms with E-state index in [9.17, 15) is 8.42 Å². The van der Waals surface area contributed by atoms with Crippen molar-refractivity contribution in [2.45, 2.75) is 31.2 Å². The van der Waals surface area contributed by atoms with Crippen molar-refractivity contribution in [2.75, 3.05) is 0 Å². The lowest BCUT2D eigenvalue weighted by Gasteiger charge is -2.22. The third kappa shape index (κ3) is 4.23. The molecule has 1 saturated carbocycles. The summed E-state index contributed by atoms with van der Waals surface area (Å²) >= 11 is 3.43. The standard InChI is InChI=1S/C18H17BrN2O2S/c19-17-6-2-4-15(10-17)12-21(18-7-8-18)24(22,23)13-16-5-1-3-14(9-16)11-20/h1-6,9-10,18H,7-8,12-13H2. The van der Waals surface area contributed by atoms with Gasteiger partial charge in [0.05, 0.1) is 17.4 Å². The van der Waals surface area contributed by atoms with E-state index in [0.717, 1.165) is 22.9 Å². The van der Waals surface area contributed by atoms with Crippen LogP contribution in [0.3, 0.4) is 0 Å². The van der Waals surface area contributed by atoms with Crippen LogP contribution in [0.15, 0.2) is 53.0 Å². The van der Waals surface area contributed by atoms with Gasteiger partial charge >= 0.3 is 0 Å². The van der Waals surface area contributed by atoms with Gasteiger partial charge in [-0.3, -0.25) is 0 Å². The van der Waals surface area contributed by atoms with Crippen molar-refractivity contribution in [2.24, 2.45) is 0 Å². The predicted octanol–water partition coefficient (Wildman–Crippen LogP) is 3.82. The van der Waals surface area contributed by atoms with Crippen LogP contribution in [0.5, 0.6) is 0 Å². The second-order valence-electron chi connectivity index (χ2n) is 5.97. The molecule has 0 spiro atoms. The number of benzene rings is 2. The van der Waals surface area contributed by atoms with Gasteiger partial charge in [-0.2, -0.15) is 9.57 Å². The molecule has 2 aromatic rings. The highest BCUT2D eigenvalue weighted by atomic mass is 79.9. The topological polar surface area (TPSA) is 61.2 Å². The summed E-state index contributed by atoms with van der Waals surface area (Å²) in [7, 11) is -3.44. The van der Waals surface area contributed by atoms with Gasteiger partial charge in [0.15, 0.2) is 0 Å². The van der Waals surface area contributed by atoms with E-state index in [2.05, 4.69) is 15.9 Å². The Hall–Kier alpha value is -1.68. The maximum absolute atomic E-state index is 12.9. The van der Waals surface area contributed by atoms with Crippen molar-refractivity contribution in [1.82, 2.24) is 4.31 Å². The van der Waals surface area contributed by atoms with Gasteiger partial charge in [0, 0.05) is 17.1 Å². The van der Waals surface area contributed by atoms with Crippen molar-refractivity contribution in [3.05, 3.63) is 69.7 Å². The Morgan fingerprint density at radius 3 is 2.50 bits per heavy atom. The maximum atomic E-state index is 12.9. The zero-order valence-corrected chi connectivity index (χ0v) is 15.4. The molecule has 4 nitrogen and oxygen atoms in total. The fourth-order valence-corrected chi connectivity index (χ4v) is 4.88. The Morgan fingerprint density at radius 2 is 1.83 bits per heavy atom. The quantitative estimate of drug-likeness (QED) is 0.734. The van der Waals surface area contributed by atoms with E-state index in [0.29, 0.717) is 17.7 Å². The monoisotopic (exact) mass is 404 g/mol. The molecule has 1 aliphatic carbocycles. The predicted molar refractivity (Wildman–Crippen MR) is 96.5 cm³/mol. The Morgan fingerprint density at radius 1 is 1.12 bits per heavy atom. The molecule has 0 bridgehead atoms. The first-order chi connectivity index (χ1) is 11.5. The first-order valence-electron chi connectivity index (χ1n) is 7.71. The fraction of sp³-hybridized carbons (Fsp3) is 0.278. The van der Waals surface area contributed by atoms with E-state index < -0.39 is 10.0 Å². The second kappa shape index (κ2) is 7.06. The number of nitriles is 1. The van der Waals surface area contributed by atoms with E-state index in [1.54, 1.807) is 28.6 Å². The lowest BCUT2D eigenvalue weighted by molar-refractivity contribution is 0.398. The van der Waals surface area contributed by atoms with Crippen LogP contribution >= 0.6 is 15.9 Å². The van der Waals surface area contributed by atoms with Gasteiger partial charge in [0.1, 0.15) is 0 Å². The SMILES string of the molecule is N#Cc1cccc(CS(=O)(=O)N(Cc2cccc(Br)c2)C2CC2)c1. The largest absolute Gasteiger partial charge is 0.218 e. The zero-order chi connectivity index (χ0) is 17.2. The van der Waals surface area contributed by atoms with Crippen LogP contribution in [0.4, 0.5) is 0 Å². The molecule has 0 heterocycles. The van der Waals surface area contributed by atoms with Crippen LogP contribution in [0.25, 0.3) is 0 Å². The maximum Gasteiger partial charge on any atom is 0.218 e. The minimum Gasteiger partial charge on any atom is -0.212 e. The average molecular weight is 405 g/mol. The number of halogens is 1. The molecule has 3 rings (SSSR count). The van der Waals surface area contributed by atoms with E-state index in [-0.39, 0.29) is 11.8 Å². The molecule has 6 heteroatoms. The van der Waals surface area contributed by atoms with E-state index in [1.807, 2.05) is 30.3 Å². The third-order valence-electron chi connectivity index (χ3n) is 3.94. The number of sulfonamides is 1. The van der Waals surface area contributed by atoms with Crippen LogP contribution in [0, 0.1) is 11.3 Å². The molecule has 1 fully saturated rings. The van der Waals surface area contributed by atoms with E-state index in [4.69, 9.17) is 5.26 Å². The summed E-state index contributed by atoms with van der Waals surface area (Å²) in [5.74, 6) is -0.0764. The zero-order valence-electron chi connectivity index (χ0n) is 13.0. The Balaban J connectivity index is 1.83. The Labute approximate surface area is 150 Å². The number of nitrogens with zero attached hydrogens (tertiary/aromatic N) is 2. The summed E-state index contributed by atoms with van der Waals surface area (Å²) in [5.41, 5.74) is 2.09. The number of hydrogen-bond donors (Lipinski definition) is 0. The highest BCUT2D eigenvalue weighted by Crippen LogP contribution is 2.32. The number of hydrogen-bond acceptors (Lipinski definition) is 3. The molecule has 1 aliphatic rings. The summed E-state index contributed by atoms with van der Waals surface area (Å²) in [6.45, 7) is 0.379. The molecule has 0 amide bonds. The minimum atomic E-state index is -3.44. The first kappa shape index (κ1) is 17.2. The molecule has 0 aliphatic heterocycles. The Kier molecular flexibility index (Phi) is 5.04. The molecule has 0 atom stereocenters. The van der Waals surface area contributed by atoms with Gasteiger partial charge in [-0.05, 0) is 48.2 Å². The molecule has 0 aromatic heterocycles. The van der Waals surface area contributed by atoms with Gasteiger partial charge in [-0.1, -0.05) is 40.2 Å². The van der Waals surface area contributed by atoms with Crippen molar-refractivity contribution in [1.29, 1.82) is 5.26 Å². The van der Waals surface area contributed by atoms with Gasteiger partial charge in [0.25, 0.3) is 0 Å². The average Bonchev–Trinajstić information content (AvgIpc) is 3.37. The van der Waals surface area contributed by atoms with Crippen LogP contribution in [0.1, 0.15) is 29.5 Å². The van der Waals surface area contributed by atoms with Gasteiger partial charge < -0.3 is 0 Å². The summed E-state index contributed by atoms with van der Waals surface area (Å²) in [6, 6.07) is 16.6. The van der Waals surface area contributed by atoms with Crippen molar-refractivity contribution in [3.8, 4) is 6.07 Å². The summed E-state index contributed by atoms with van der Waals surface area (Å²) in [4.78, 5) is 0. The smallest absolute Gasteiger partial charge is 0.212 e. The molecule has 0 unspecified atom stereocenters. The molecular formula is C18H17BrN2O2S. The van der Waals surface area contributed by atoms with Crippen molar-refractivity contribution in [3.63, 3.8) is 0 Å². The van der Waals surface area contributed by atoms with Crippen LogP contribution in [-0.2, 0) is 22.3 Å². The second-order valence-corrected chi connectivity index (χ2v) is 8.81. The van der Waals surface area contributed by atoms with Crippen LogP contribution in [-0.4, -0.2) is 18.8 Å². The summed E-state index contributed by atoms with van der Waals surface area (Å²) in [5, 5.41) is 8.97. The van der Waals surface area contributed by atoms with Crippen molar-refractivity contribution >= 4 is 26.0 Å². The van der Waals surface area contributed by atoms with Crippen molar-refractivity contribution < 1.29 is 8.42 Å². The summed E-state index contributed by atoms with van der Waals surface area (Å²) < 4.78 is 28.3.